The molecule has 2 saturated carbocycles. The molecule has 0 aliphatic heterocycles. The van der Waals surface area contributed by atoms with Crippen molar-refractivity contribution in [2.24, 2.45) is 0 Å². The highest BCUT2D eigenvalue weighted by Crippen LogP contribution is 2.46. The third-order valence-electron chi connectivity index (χ3n) is 5.99. The summed E-state index contributed by atoms with van der Waals surface area (Å²) in [6, 6.07) is 9.14. The lowest BCUT2D eigenvalue weighted by Gasteiger charge is -2.25. The molecule has 6 heteroatoms. The van der Waals surface area contributed by atoms with Crippen LogP contribution in [-0.2, 0) is 6.42 Å². The van der Waals surface area contributed by atoms with Crippen LogP contribution >= 0.6 is 23.2 Å². The third-order valence-corrected chi connectivity index (χ3v) is 6.51. The van der Waals surface area contributed by atoms with Crippen LogP contribution in [0.4, 0.5) is 5.69 Å². The Kier molecular flexibility index (Phi) is 4.67. The zero-order chi connectivity index (χ0) is 20.3. The molecule has 2 aliphatic rings. The SMILES string of the molecule is CCc1nn2c(-c3c(Cl)cc(Cl)cc3OC)ccc(C)c2c1N(C1CC1)C1CC1. The average molecular weight is 430 g/mol. The lowest BCUT2D eigenvalue weighted by atomic mass is 10.1. The lowest BCUT2D eigenvalue weighted by Crippen LogP contribution is -2.28. The molecular formula is C23H25Cl2N3O. The summed E-state index contributed by atoms with van der Waals surface area (Å²) < 4.78 is 7.70. The molecule has 2 heterocycles. The van der Waals surface area contributed by atoms with Gasteiger partial charge in [-0.2, -0.15) is 5.10 Å². The Balaban J connectivity index is 1.79. The van der Waals surface area contributed by atoms with Gasteiger partial charge in [0.2, 0.25) is 0 Å². The molecule has 0 N–H and O–H groups in total. The average Bonchev–Trinajstić information content (AvgIpc) is 3.61. The van der Waals surface area contributed by atoms with Crippen LogP contribution in [0.3, 0.4) is 0 Å². The van der Waals surface area contributed by atoms with E-state index in [4.69, 9.17) is 33.0 Å². The maximum absolute atomic E-state index is 6.64. The number of fused-ring (bicyclic) bond motifs is 1. The molecule has 3 aromatic rings. The van der Waals surface area contributed by atoms with Crippen LogP contribution < -0.4 is 9.64 Å². The normalized spacial score (nSPS) is 16.4. The molecule has 0 amide bonds. The topological polar surface area (TPSA) is 29.8 Å². The zero-order valence-electron chi connectivity index (χ0n) is 17.0. The number of methoxy groups -OCH3 is 1. The first kappa shape index (κ1) is 19.1. The summed E-state index contributed by atoms with van der Waals surface area (Å²) in [7, 11) is 1.64. The summed E-state index contributed by atoms with van der Waals surface area (Å²) in [4.78, 5) is 2.67. The minimum Gasteiger partial charge on any atom is -0.496 e. The minimum absolute atomic E-state index is 0.558. The summed E-state index contributed by atoms with van der Waals surface area (Å²) in [5, 5.41) is 6.20. The Bertz CT molecular complexity index is 1090. The molecule has 0 saturated heterocycles. The van der Waals surface area contributed by atoms with E-state index in [1.165, 1.54) is 42.5 Å². The van der Waals surface area contributed by atoms with Crippen molar-refractivity contribution < 1.29 is 4.74 Å². The molecule has 0 bridgehead atoms. The van der Waals surface area contributed by atoms with E-state index in [0.29, 0.717) is 27.9 Å². The van der Waals surface area contributed by atoms with Crippen LogP contribution in [0.2, 0.25) is 10.0 Å². The number of halogens is 2. The Labute approximate surface area is 181 Å². The maximum Gasteiger partial charge on any atom is 0.131 e. The summed E-state index contributed by atoms with van der Waals surface area (Å²) in [5.74, 6) is 0.656. The van der Waals surface area contributed by atoms with E-state index in [1.807, 2.05) is 0 Å². The van der Waals surface area contributed by atoms with Gasteiger partial charge in [-0.25, -0.2) is 4.52 Å². The van der Waals surface area contributed by atoms with Crippen LogP contribution in [0, 0.1) is 6.92 Å². The first-order valence-corrected chi connectivity index (χ1v) is 11.1. The number of rotatable bonds is 6. The fraction of sp³-hybridized carbons (Fsp3) is 0.435. The van der Waals surface area contributed by atoms with Gasteiger partial charge in [0.15, 0.2) is 0 Å². The van der Waals surface area contributed by atoms with Crippen LogP contribution in [-0.4, -0.2) is 28.8 Å². The van der Waals surface area contributed by atoms with Crippen molar-refractivity contribution in [3.8, 4) is 17.0 Å². The van der Waals surface area contributed by atoms with Gasteiger partial charge in [0.1, 0.15) is 5.75 Å². The molecule has 0 unspecified atom stereocenters. The molecule has 0 atom stereocenters. The Hall–Kier alpha value is -1.91. The van der Waals surface area contributed by atoms with Gasteiger partial charge in [-0.3, -0.25) is 0 Å². The summed E-state index contributed by atoms with van der Waals surface area (Å²) in [6.07, 6.45) is 6.04. The van der Waals surface area contributed by atoms with Gasteiger partial charge in [0.05, 0.1) is 40.3 Å². The van der Waals surface area contributed by atoms with Crippen LogP contribution in [0.15, 0.2) is 24.3 Å². The van der Waals surface area contributed by atoms with E-state index in [2.05, 4.69) is 35.4 Å². The van der Waals surface area contributed by atoms with Gasteiger partial charge < -0.3 is 9.64 Å². The largest absolute Gasteiger partial charge is 0.496 e. The number of pyridine rings is 1. The number of ether oxygens (including phenoxy) is 1. The number of benzene rings is 1. The molecule has 2 fully saturated rings. The van der Waals surface area contributed by atoms with Crippen LogP contribution in [0.5, 0.6) is 5.75 Å². The molecule has 1 aromatic carbocycles. The van der Waals surface area contributed by atoms with Gasteiger partial charge in [-0.05, 0) is 62.8 Å². The molecule has 0 radical (unpaired) electrons. The van der Waals surface area contributed by atoms with E-state index in [1.54, 1.807) is 19.2 Å². The first-order valence-electron chi connectivity index (χ1n) is 10.4. The van der Waals surface area contributed by atoms with Gasteiger partial charge in [0.25, 0.3) is 0 Å². The van der Waals surface area contributed by atoms with Gasteiger partial charge >= 0.3 is 0 Å². The number of hydrogen-bond acceptors (Lipinski definition) is 3. The number of nitrogens with zero attached hydrogens (tertiary/aromatic N) is 3. The van der Waals surface area contributed by atoms with Crippen molar-refractivity contribution in [1.29, 1.82) is 0 Å². The van der Waals surface area contributed by atoms with E-state index >= 15 is 0 Å². The lowest BCUT2D eigenvalue weighted by molar-refractivity contribution is 0.416. The Morgan fingerprint density at radius 1 is 1.14 bits per heavy atom. The molecule has 4 nitrogen and oxygen atoms in total. The van der Waals surface area contributed by atoms with Gasteiger partial charge in [-0.1, -0.05) is 36.2 Å². The van der Waals surface area contributed by atoms with Crippen LogP contribution in [0.25, 0.3) is 16.8 Å². The van der Waals surface area contributed by atoms with Crippen molar-refractivity contribution in [2.75, 3.05) is 12.0 Å². The minimum atomic E-state index is 0.558. The fourth-order valence-electron chi connectivity index (χ4n) is 4.36. The second-order valence-electron chi connectivity index (χ2n) is 8.15. The second-order valence-corrected chi connectivity index (χ2v) is 8.99. The van der Waals surface area contributed by atoms with Gasteiger partial charge in [-0.15, -0.1) is 0 Å². The van der Waals surface area contributed by atoms with Crippen molar-refractivity contribution in [3.05, 3.63) is 45.6 Å². The summed E-state index contributed by atoms with van der Waals surface area (Å²) >= 11 is 12.9. The smallest absolute Gasteiger partial charge is 0.131 e. The predicted octanol–water partition coefficient (Wildman–Crippen LogP) is 6.32. The monoisotopic (exact) mass is 429 g/mol. The first-order chi connectivity index (χ1) is 14.0. The van der Waals surface area contributed by atoms with E-state index in [0.717, 1.165) is 23.4 Å². The van der Waals surface area contributed by atoms with Crippen molar-refractivity contribution in [1.82, 2.24) is 9.61 Å². The molecule has 0 spiro atoms. The summed E-state index contributed by atoms with van der Waals surface area (Å²) in [5.41, 5.74) is 6.64. The molecule has 5 rings (SSSR count). The molecule has 2 aromatic heterocycles. The zero-order valence-corrected chi connectivity index (χ0v) is 18.5. The van der Waals surface area contributed by atoms with E-state index in [9.17, 15) is 0 Å². The number of aromatic nitrogens is 2. The maximum atomic E-state index is 6.64. The Morgan fingerprint density at radius 3 is 2.41 bits per heavy atom. The van der Waals surface area contributed by atoms with Crippen LogP contribution in [0.1, 0.15) is 43.9 Å². The van der Waals surface area contributed by atoms with E-state index < -0.39 is 0 Å². The van der Waals surface area contributed by atoms with Crippen molar-refractivity contribution in [2.45, 2.75) is 58.0 Å². The summed E-state index contributed by atoms with van der Waals surface area (Å²) in [6.45, 7) is 4.36. The highest BCUT2D eigenvalue weighted by molar-refractivity contribution is 6.36. The second kappa shape index (κ2) is 7.10. The number of anilines is 1. The number of hydrogen-bond donors (Lipinski definition) is 0. The highest BCUT2D eigenvalue weighted by Gasteiger charge is 2.41. The quantitative estimate of drug-likeness (QED) is 0.459. The third kappa shape index (κ3) is 3.17. The van der Waals surface area contributed by atoms with E-state index in [-0.39, 0.29) is 0 Å². The van der Waals surface area contributed by atoms with Crippen molar-refractivity contribution in [3.63, 3.8) is 0 Å². The Morgan fingerprint density at radius 2 is 1.83 bits per heavy atom. The van der Waals surface area contributed by atoms with Gasteiger partial charge in [0, 0.05) is 17.1 Å². The fourth-order valence-corrected chi connectivity index (χ4v) is 4.94. The molecular weight excluding hydrogens is 405 g/mol. The molecule has 29 heavy (non-hydrogen) atoms. The molecule has 152 valence electrons. The van der Waals surface area contributed by atoms with Crippen molar-refractivity contribution >= 4 is 34.4 Å². The standard InChI is InChI=1S/C23H25Cl2N3O/c1-4-18-23(27(15-6-7-15)16-8-9-16)22-13(2)5-10-19(28(22)26-18)21-17(25)11-14(24)12-20(21)29-3/h5,10-12,15-16H,4,6-9H2,1-3H3. The number of aryl methyl sites for hydroxylation is 2. The predicted molar refractivity (Wildman–Crippen MR) is 120 cm³/mol. The highest BCUT2D eigenvalue weighted by atomic mass is 35.5. The molecule has 2 aliphatic carbocycles.